The number of esters is 1. The number of rotatable bonds is 3. The van der Waals surface area contributed by atoms with Gasteiger partial charge in [-0.2, -0.15) is 0 Å². The molecule has 0 saturated carbocycles. The van der Waals surface area contributed by atoms with Crippen LogP contribution in [0.5, 0.6) is 0 Å². The summed E-state index contributed by atoms with van der Waals surface area (Å²) in [6.45, 7) is 0. The van der Waals surface area contributed by atoms with Gasteiger partial charge >= 0.3 is 5.97 Å². The monoisotopic (exact) mass is 311 g/mol. The Hall–Kier alpha value is -2.12. The van der Waals surface area contributed by atoms with Crippen molar-refractivity contribution < 1.29 is 14.3 Å². The van der Waals surface area contributed by atoms with Crippen molar-refractivity contribution in [2.75, 3.05) is 18.2 Å². The minimum absolute atomic E-state index is 0.187. The van der Waals surface area contributed by atoms with Crippen LogP contribution in [0.25, 0.3) is 0 Å². The van der Waals surface area contributed by atoms with E-state index < -0.39 is 11.9 Å². The van der Waals surface area contributed by atoms with Crippen LogP contribution >= 0.6 is 22.9 Å². The summed E-state index contributed by atoms with van der Waals surface area (Å²) in [5, 5.41) is 4.70. The number of halogens is 1. The topological polar surface area (TPSA) is 94.3 Å². The zero-order valence-corrected chi connectivity index (χ0v) is 11.9. The number of methoxy groups -OCH3 is 1. The number of amides is 1. The zero-order valence-electron chi connectivity index (χ0n) is 10.3. The maximum Gasteiger partial charge on any atom is 0.337 e. The van der Waals surface area contributed by atoms with Crippen LogP contribution in [0.15, 0.2) is 23.6 Å². The number of hydrogen-bond acceptors (Lipinski definition) is 6. The van der Waals surface area contributed by atoms with E-state index in [0.717, 1.165) is 11.3 Å². The van der Waals surface area contributed by atoms with E-state index in [9.17, 15) is 9.59 Å². The Labute approximate surface area is 123 Å². The summed E-state index contributed by atoms with van der Waals surface area (Å²) < 4.78 is 4.60. The lowest BCUT2D eigenvalue weighted by Gasteiger charge is -2.07. The van der Waals surface area contributed by atoms with E-state index in [2.05, 4.69) is 15.0 Å². The number of thiazole rings is 1. The highest BCUT2D eigenvalue weighted by atomic mass is 35.5. The van der Waals surface area contributed by atoms with Crippen LogP contribution in [0.4, 0.5) is 10.8 Å². The fourth-order valence-corrected chi connectivity index (χ4v) is 2.15. The number of hydrogen-bond donors (Lipinski definition) is 2. The van der Waals surface area contributed by atoms with E-state index in [4.69, 9.17) is 17.3 Å². The van der Waals surface area contributed by atoms with Crippen LogP contribution in [0, 0.1) is 0 Å². The van der Waals surface area contributed by atoms with Gasteiger partial charge in [0.1, 0.15) is 5.69 Å². The fraction of sp³-hybridized carbons (Fsp3) is 0.0833. The molecule has 8 heteroatoms. The zero-order chi connectivity index (χ0) is 14.7. The molecule has 20 heavy (non-hydrogen) atoms. The van der Waals surface area contributed by atoms with Crippen LogP contribution in [0.1, 0.15) is 20.8 Å². The summed E-state index contributed by atoms with van der Waals surface area (Å²) in [5.74, 6) is -0.975. The second kappa shape index (κ2) is 5.89. The summed E-state index contributed by atoms with van der Waals surface area (Å²) in [7, 11) is 1.27. The van der Waals surface area contributed by atoms with Gasteiger partial charge in [-0.05, 0) is 18.2 Å². The summed E-state index contributed by atoms with van der Waals surface area (Å²) >= 11 is 7.13. The van der Waals surface area contributed by atoms with Crippen LogP contribution in [-0.2, 0) is 4.74 Å². The number of nitrogens with zero attached hydrogens (tertiary/aromatic N) is 1. The Morgan fingerprint density at radius 3 is 2.80 bits per heavy atom. The van der Waals surface area contributed by atoms with E-state index in [1.165, 1.54) is 30.7 Å². The largest absolute Gasteiger partial charge is 0.465 e. The van der Waals surface area contributed by atoms with Crippen molar-refractivity contribution in [3.05, 3.63) is 39.9 Å². The second-order valence-corrected chi connectivity index (χ2v) is 5.01. The maximum atomic E-state index is 11.9. The van der Waals surface area contributed by atoms with E-state index in [1.54, 1.807) is 0 Å². The van der Waals surface area contributed by atoms with E-state index in [1.807, 2.05) is 0 Å². The molecule has 0 aliphatic heterocycles. The molecule has 0 atom stereocenters. The van der Waals surface area contributed by atoms with Crippen molar-refractivity contribution in [3.63, 3.8) is 0 Å². The number of aromatic nitrogens is 1. The number of carbonyl (C=O) groups is 2. The van der Waals surface area contributed by atoms with Gasteiger partial charge in [-0.15, -0.1) is 11.3 Å². The van der Waals surface area contributed by atoms with Crippen molar-refractivity contribution in [2.45, 2.75) is 0 Å². The van der Waals surface area contributed by atoms with Gasteiger partial charge in [-0.25, -0.2) is 9.78 Å². The third-order valence-electron chi connectivity index (χ3n) is 2.39. The number of benzene rings is 1. The molecule has 1 aromatic heterocycles. The van der Waals surface area contributed by atoms with Crippen molar-refractivity contribution in [2.24, 2.45) is 0 Å². The first-order valence-corrected chi connectivity index (χ1v) is 6.67. The lowest BCUT2D eigenvalue weighted by molar-refractivity contribution is 0.0600. The molecule has 0 radical (unpaired) electrons. The van der Waals surface area contributed by atoms with Crippen LogP contribution < -0.4 is 11.1 Å². The normalized spacial score (nSPS) is 10.1. The number of carbonyl (C=O) groups excluding carboxylic acids is 2. The van der Waals surface area contributed by atoms with Gasteiger partial charge in [0, 0.05) is 5.38 Å². The summed E-state index contributed by atoms with van der Waals surface area (Å²) in [5.41, 5.74) is 6.23. The first-order chi connectivity index (χ1) is 9.51. The summed E-state index contributed by atoms with van der Waals surface area (Å²) in [6, 6.07) is 4.44. The van der Waals surface area contributed by atoms with Crippen molar-refractivity contribution in [1.29, 1.82) is 0 Å². The molecule has 0 fully saturated rings. The molecule has 0 aliphatic carbocycles. The number of ether oxygens (including phenoxy) is 1. The minimum Gasteiger partial charge on any atom is -0.465 e. The molecular weight excluding hydrogens is 302 g/mol. The second-order valence-electron chi connectivity index (χ2n) is 3.71. The van der Waals surface area contributed by atoms with Gasteiger partial charge in [0.2, 0.25) is 0 Å². The third-order valence-corrected chi connectivity index (χ3v) is 3.39. The van der Waals surface area contributed by atoms with Crippen LogP contribution in [0.3, 0.4) is 0 Å². The lowest BCUT2D eigenvalue weighted by Crippen LogP contribution is -2.13. The molecule has 1 amide bonds. The van der Waals surface area contributed by atoms with Crippen molar-refractivity contribution in [3.8, 4) is 0 Å². The Bertz CT molecular complexity index is 672. The van der Waals surface area contributed by atoms with Crippen LogP contribution in [0.2, 0.25) is 5.02 Å². The number of nitrogens with one attached hydrogen (secondary N) is 1. The summed E-state index contributed by atoms with van der Waals surface area (Å²) in [4.78, 5) is 27.2. The molecular formula is C12H10ClN3O3S. The smallest absolute Gasteiger partial charge is 0.337 e. The average Bonchev–Trinajstić information content (AvgIpc) is 2.87. The molecule has 0 bridgehead atoms. The SMILES string of the molecule is COC(=O)c1ccc(Cl)c(NC(=O)c2csc(N)n2)c1. The highest BCUT2D eigenvalue weighted by molar-refractivity contribution is 7.13. The van der Waals surface area contributed by atoms with Gasteiger partial charge in [-0.3, -0.25) is 4.79 Å². The van der Waals surface area contributed by atoms with E-state index in [0.29, 0.717) is 15.8 Å². The molecule has 0 saturated heterocycles. The number of nitrogen functional groups attached to an aromatic ring is 1. The maximum absolute atomic E-state index is 11.9. The first kappa shape index (κ1) is 14.3. The van der Waals surface area contributed by atoms with E-state index in [-0.39, 0.29) is 11.3 Å². The highest BCUT2D eigenvalue weighted by Gasteiger charge is 2.14. The predicted octanol–water partition coefficient (Wildman–Crippen LogP) is 2.42. The standard InChI is InChI=1S/C12H10ClN3O3S/c1-19-11(18)6-2-3-7(13)8(4-6)15-10(17)9-5-20-12(14)16-9/h2-5H,1H3,(H2,14,16)(H,15,17). The van der Waals surface area contributed by atoms with Gasteiger partial charge < -0.3 is 15.8 Å². The molecule has 6 nitrogen and oxygen atoms in total. The van der Waals surface area contributed by atoms with E-state index >= 15 is 0 Å². The number of anilines is 2. The number of nitrogens with two attached hydrogens (primary N) is 1. The van der Waals surface area contributed by atoms with Crippen LogP contribution in [-0.4, -0.2) is 24.0 Å². The fourth-order valence-electron chi connectivity index (χ4n) is 1.44. The molecule has 1 heterocycles. The quantitative estimate of drug-likeness (QED) is 0.849. The molecule has 0 unspecified atom stereocenters. The molecule has 2 aromatic rings. The minimum atomic E-state index is -0.518. The first-order valence-electron chi connectivity index (χ1n) is 5.41. The summed E-state index contributed by atoms with van der Waals surface area (Å²) in [6.07, 6.45) is 0. The Balaban J connectivity index is 2.24. The molecule has 3 N–H and O–H groups in total. The lowest BCUT2D eigenvalue weighted by atomic mass is 10.2. The van der Waals surface area contributed by atoms with Gasteiger partial charge in [0.05, 0.1) is 23.4 Å². The van der Waals surface area contributed by atoms with Crippen molar-refractivity contribution >= 4 is 45.6 Å². The Morgan fingerprint density at radius 1 is 1.45 bits per heavy atom. The van der Waals surface area contributed by atoms with Gasteiger partial charge in [0.15, 0.2) is 5.13 Å². The molecule has 2 rings (SSSR count). The Kier molecular flexibility index (Phi) is 4.21. The molecule has 0 aliphatic rings. The van der Waals surface area contributed by atoms with Gasteiger partial charge in [-0.1, -0.05) is 11.6 Å². The predicted molar refractivity (Wildman–Crippen MR) is 77.3 cm³/mol. The molecule has 104 valence electrons. The highest BCUT2D eigenvalue weighted by Crippen LogP contribution is 2.24. The molecule has 0 spiro atoms. The molecule has 1 aromatic carbocycles. The Morgan fingerprint density at radius 2 is 2.20 bits per heavy atom. The average molecular weight is 312 g/mol. The third kappa shape index (κ3) is 3.06. The van der Waals surface area contributed by atoms with Gasteiger partial charge in [0.25, 0.3) is 5.91 Å². The van der Waals surface area contributed by atoms with Crippen molar-refractivity contribution in [1.82, 2.24) is 4.98 Å².